The summed E-state index contributed by atoms with van der Waals surface area (Å²) in [5, 5.41) is 0. The first-order chi connectivity index (χ1) is 10.6. The molecule has 0 fully saturated rings. The maximum absolute atomic E-state index is 12.0. The van der Waals surface area contributed by atoms with Gasteiger partial charge in [-0.25, -0.2) is 4.79 Å². The van der Waals surface area contributed by atoms with Crippen molar-refractivity contribution in [3.63, 3.8) is 0 Å². The Hall–Kier alpha value is -2.13. The van der Waals surface area contributed by atoms with Gasteiger partial charge in [-0.1, -0.05) is 57.9 Å². The number of cyclic esters (lactones) is 1. The lowest BCUT2D eigenvalue weighted by molar-refractivity contribution is -0.133. The van der Waals surface area contributed by atoms with Crippen LogP contribution in [0, 0.1) is 6.92 Å². The molecule has 0 saturated heterocycles. The van der Waals surface area contributed by atoms with Gasteiger partial charge < -0.3 is 4.74 Å². The number of ether oxygens (including phenoxy) is 1. The second kappa shape index (κ2) is 6.32. The van der Waals surface area contributed by atoms with Gasteiger partial charge in [0.1, 0.15) is 5.76 Å². The van der Waals surface area contributed by atoms with Crippen LogP contribution in [0.3, 0.4) is 0 Å². The van der Waals surface area contributed by atoms with E-state index in [0.717, 1.165) is 15.6 Å². The molecule has 0 saturated carbocycles. The van der Waals surface area contributed by atoms with Gasteiger partial charge >= 0.3 is 5.97 Å². The van der Waals surface area contributed by atoms with Gasteiger partial charge in [-0.2, -0.15) is 0 Å². The van der Waals surface area contributed by atoms with Crippen LogP contribution in [0.25, 0.3) is 6.08 Å². The molecule has 3 heteroatoms. The van der Waals surface area contributed by atoms with Crippen LogP contribution >= 0.6 is 15.9 Å². The van der Waals surface area contributed by atoms with Gasteiger partial charge in [-0.15, -0.1) is 0 Å². The van der Waals surface area contributed by atoms with Crippen molar-refractivity contribution in [3.8, 4) is 0 Å². The Bertz CT molecular complexity index is 770. The summed E-state index contributed by atoms with van der Waals surface area (Å²) < 4.78 is 6.36. The first-order valence-electron chi connectivity index (χ1n) is 7.06. The summed E-state index contributed by atoms with van der Waals surface area (Å²) in [6.07, 6.45) is 4.30. The molecule has 0 spiro atoms. The van der Waals surface area contributed by atoms with Crippen molar-refractivity contribution in [3.05, 3.63) is 87.1 Å². The maximum atomic E-state index is 12.0. The Morgan fingerprint density at radius 3 is 2.64 bits per heavy atom. The molecule has 22 heavy (non-hydrogen) atoms. The molecular formula is C19H15BrO2. The van der Waals surface area contributed by atoms with E-state index >= 15 is 0 Å². The van der Waals surface area contributed by atoms with Gasteiger partial charge in [-0.3, -0.25) is 0 Å². The van der Waals surface area contributed by atoms with E-state index in [1.165, 1.54) is 5.56 Å². The fourth-order valence-electron chi connectivity index (χ4n) is 2.37. The summed E-state index contributed by atoms with van der Waals surface area (Å²) in [4.78, 5) is 12.0. The lowest BCUT2D eigenvalue weighted by Gasteiger charge is -2.00. The smallest absolute Gasteiger partial charge is 0.339 e. The Kier molecular flexibility index (Phi) is 4.25. The second-order valence-corrected chi connectivity index (χ2v) is 6.24. The van der Waals surface area contributed by atoms with Crippen LogP contribution in [-0.4, -0.2) is 5.97 Å². The first-order valence-corrected chi connectivity index (χ1v) is 7.85. The molecule has 110 valence electrons. The van der Waals surface area contributed by atoms with Crippen LogP contribution in [0.5, 0.6) is 0 Å². The van der Waals surface area contributed by atoms with Crippen LogP contribution < -0.4 is 0 Å². The summed E-state index contributed by atoms with van der Waals surface area (Å²) in [6.45, 7) is 2.04. The van der Waals surface area contributed by atoms with Crippen LogP contribution in [-0.2, 0) is 16.0 Å². The van der Waals surface area contributed by atoms with E-state index in [9.17, 15) is 4.79 Å². The van der Waals surface area contributed by atoms with Crippen molar-refractivity contribution >= 4 is 28.0 Å². The van der Waals surface area contributed by atoms with Gasteiger partial charge in [0.15, 0.2) is 0 Å². The topological polar surface area (TPSA) is 26.3 Å². The maximum Gasteiger partial charge on any atom is 0.339 e. The van der Waals surface area contributed by atoms with Crippen molar-refractivity contribution in [2.75, 3.05) is 0 Å². The third-order valence-corrected chi connectivity index (χ3v) is 3.98. The number of halogens is 1. The zero-order valence-electron chi connectivity index (χ0n) is 12.2. The number of hydrogen-bond acceptors (Lipinski definition) is 2. The second-order valence-electron chi connectivity index (χ2n) is 5.32. The van der Waals surface area contributed by atoms with Crippen molar-refractivity contribution in [1.82, 2.24) is 0 Å². The van der Waals surface area contributed by atoms with E-state index in [1.54, 1.807) is 0 Å². The average Bonchev–Trinajstić information content (AvgIpc) is 2.81. The largest absolute Gasteiger partial charge is 0.423 e. The predicted molar refractivity (Wildman–Crippen MR) is 91.2 cm³/mol. The summed E-state index contributed by atoms with van der Waals surface area (Å²) in [5.41, 5.74) is 3.98. The normalized spacial score (nSPS) is 15.8. The molecule has 2 aromatic carbocycles. The standard InChI is InChI=1S/C19H15BrO2/c1-13-3-2-4-15(9-13)11-18-12-16(19(21)22-18)10-14-5-7-17(20)8-6-14/h2-9,11-12H,10H2,1H3/b18-11-. The minimum Gasteiger partial charge on any atom is -0.423 e. The number of hydrogen-bond donors (Lipinski definition) is 0. The van der Waals surface area contributed by atoms with E-state index in [4.69, 9.17) is 4.74 Å². The Labute approximate surface area is 138 Å². The Morgan fingerprint density at radius 2 is 1.91 bits per heavy atom. The van der Waals surface area contributed by atoms with Gasteiger partial charge in [0.05, 0.1) is 0 Å². The summed E-state index contributed by atoms with van der Waals surface area (Å²) >= 11 is 3.41. The van der Waals surface area contributed by atoms with Gasteiger partial charge in [0.2, 0.25) is 0 Å². The van der Waals surface area contributed by atoms with Crippen molar-refractivity contribution < 1.29 is 9.53 Å². The van der Waals surface area contributed by atoms with Crippen LogP contribution in [0.4, 0.5) is 0 Å². The third-order valence-electron chi connectivity index (χ3n) is 3.45. The highest BCUT2D eigenvalue weighted by molar-refractivity contribution is 9.10. The molecule has 0 N–H and O–H groups in total. The zero-order chi connectivity index (χ0) is 15.5. The molecule has 0 unspecified atom stereocenters. The number of allylic oxidation sites excluding steroid dienone is 1. The fourth-order valence-corrected chi connectivity index (χ4v) is 2.64. The van der Waals surface area contributed by atoms with E-state index < -0.39 is 0 Å². The SMILES string of the molecule is Cc1cccc(/C=C2/C=C(Cc3ccc(Br)cc3)C(=O)O2)c1. The molecule has 0 amide bonds. The number of aryl methyl sites for hydroxylation is 1. The minimum absolute atomic E-state index is 0.262. The Balaban J connectivity index is 1.80. The monoisotopic (exact) mass is 354 g/mol. The summed E-state index contributed by atoms with van der Waals surface area (Å²) in [7, 11) is 0. The Morgan fingerprint density at radius 1 is 1.14 bits per heavy atom. The molecule has 2 nitrogen and oxygen atoms in total. The van der Waals surface area contributed by atoms with Crippen molar-refractivity contribution in [2.45, 2.75) is 13.3 Å². The molecule has 0 aliphatic carbocycles. The average molecular weight is 355 g/mol. The highest BCUT2D eigenvalue weighted by atomic mass is 79.9. The lowest BCUT2D eigenvalue weighted by atomic mass is 10.1. The van der Waals surface area contributed by atoms with E-state index in [-0.39, 0.29) is 5.97 Å². The van der Waals surface area contributed by atoms with E-state index in [1.807, 2.05) is 61.5 Å². The first kappa shape index (κ1) is 14.8. The number of carbonyl (C=O) groups excluding carboxylic acids is 1. The van der Waals surface area contributed by atoms with E-state index in [0.29, 0.717) is 17.8 Å². The molecule has 2 aromatic rings. The molecule has 1 aliphatic rings. The quantitative estimate of drug-likeness (QED) is 0.738. The van der Waals surface area contributed by atoms with Gasteiger partial charge in [-0.05, 0) is 42.3 Å². The van der Waals surface area contributed by atoms with Crippen molar-refractivity contribution in [2.24, 2.45) is 0 Å². The molecule has 1 heterocycles. The number of carbonyl (C=O) groups is 1. The predicted octanol–water partition coefficient (Wildman–Crippen LogP) is 4.82. The highest BCUT2D eigenvalue weighted by Gasteiger charge is 2.21. The molecule has 0 aromatic heterocycles. The minimum atomic E-state index is -0.262. The van der Waals surface area contributed by atoms with Crippen LogP contribution in [0.1, 0.15) is 16.7 Å². The molecule has 1 aliphatic heterocycles. The zero-order valence-corrected chi connectivity index (χ0v) is 13.8. The van der Waals surface area contributed by atoms with Gasteiger partial charge in [0, 0.05) is 16.5 Å². The van der Waals surface area contributed by atoms with Gasteiger partial charge in [0.25, 0.3) is 0 Å². The summed E-state index contributed by atoms with van der Waals surface area (Å²) in [5.74, 6) is 0.338. The molecule has 3 rings (SSSR count). The number of esters is 1. The molecule has 0 atom stereocenters. The number of benzene rings is 2. The van der Waals surface area contributed by atoms with Crippen LogP contribution in [0.2, 0.25) is 0 Å². The molecular weight excluding hydrogens is 340 g/mol. The fraction of sp³-hybridized carbons (Fsp3) is 0.105. The molecule has 0 bridgehead atoms. The van der Waals surface area contributed by atoms with E-state index in [2.05, 4.69) is 22.0 Å². The van der Waals surface area contributed by atoms with Crippen molar-refractivity contribution in [1.29, 1.82) is 0 Å². The highest BCUT2D eigenvalue weighted by Crippen LogP contribution is 2.23. The lowest BCUT2D eigenvalue weighted by Crippen LogP contribution is -2.01. The third kappa shape index (κ3) is 3.55. The number of rotatable bonds is 3. The molecule has 0 radical (unpaired) electrons. The van der Waals surface area contributed by atoms with Crippen LogP contribution in [0.15, 0.2) is 70.4 Å². The summed E-state index contributed by atoms with van der Waals surface area (Å²) in [6, 6.07) is 16.0.